The van der Waals surface area contributed by atoms with Crippen LogP contribution in [0.4, 0.5) is 11.4 Å². The maximum absolute atomic E-state index is 11.3. The third-order valence-electron chi connectivity index (χ3n) is 1.71. The summed E-state index contributed by atoms with van der Waals surface area (Å²) in [7, 11) is -2.55. The average molecular weight is 238 g/mol. The van der Waals surface area contributed by atoms with Crippen LogP contribution in [0.15, 0.2) is 40.8 Å². The lowest BCUT2D eigenvalue weighted by Crippen LogP contribution is -2.11. The van der Waals surface area contributed by atoms with Gasteiger partial charge in [0.25, 0.3) is 5.91 Å². The Hall–Kier alpha value is -1.95. The smallest absolute Gasteiger partial charge is 0.316 e. The number of carbonyl (C=O) groups is 1. The molecule has 0 aliphatic heterocycles. The Morgan fingerprint density at radius 2 is 2.00 bits per heavy atom. The first kappa shape index (κ1) is 12.1. The maximum Gasteiger partial charge on any atom is 0.316 e. The Morgan fingerprint density at radius 3 is 2.56 bits per heavy atom. The molecular weight excluding hydrogens is 228 g/mol. The third-order valence-corrected chi connectivity index (χ3v) is 2.06. The number of nitrogens with zero attached hydrogens (tertiary/aromatic N) is 1. The maximum atomic E-state index is 11.3. The monoisotopic (exact) mass is 238 g/mol. The quantitative estimate of drug-likeness (QED) is 0.817. The Balaban J connectivity index is 3.09. The number of nitrogens with one attached hydrogen (secondary N) is 1. The van der Waals surface area contributed by atoms with E-state index in [1.807, 2.05) is 0 Å². The lowest BCUT2D eigenvalue weighted by Gasteiger charge is -2.05. The summed E-state index contributed by atoms with van der Waals surface area (Å²) in [4.78, 5) is 11.3. The van der Waals surface area contributed by atoms with Gasteiger partial charge < -0.3 is 5.32 Å². The van der Waals surface area contributed by atoms with Gasteiger partial charge in [-0.1, -0.05) is 18.7 Å². The third kappa shape index (κ3) is 3.32. The molecule has 0 atom stereocenters. The number of para-hydroxylation sites is 1. The zero-order valence-electron chi connectivity index (χ0n) is 8.60. The van der Waals surface area contributed by atoms with Crippen molar-refractivity contribution in [2.75, 3.05) is 5.32 Å². The van der Waals surface area contributed by atoms with Gasteiger partial charge in [0.05, 0.1) is 5.69 Å². The zero-order chi connectivity index (χ0) is 12.1. The number of rotatable bonds is 3. The van der Waals surface area contributed by atoms with Gasteiger partial charge >= 0.3 is 10.5 Å². The number of amides is 1. The average Bonchev–Trinajstić information content (AvgIpc) is 2.20. The number of carbonyl (C=O) groups excluding carboxylic acids is 1. The predicted octanol–water partition coefficient (Wildman–Crippen LogP) is 1.90. The second kappa shape index (κ2) is 5.22. The molecule has 0 aliphatic carbocycles. The molecule has 6 heteroatoms. The van der Waals surface area contributed by atoms with Crippen molar-refractivity contribution in [1.29, 1.82) is 0 Å². The molecule has 0 fully saturated rings. The van der Waals surface area contributed by atoms with E-state index >= 15 is 0 Å². The molecule has 16 heavy (non-hydrogen) atoms. The van der Waals surface area contributed by atoms with Crippen LogP contribution in [0.3, 0.4) is 0 Å². The van der Waals surface area contributed by atoms with E-state index in [-0.39, 0.29) is 11.6 Å². The zero-order valence-corrected chi connectivity index (χ0v) is 9.41. The van der Waals surface area contributed by atoms with Crippen molar-refractivity contribution in [2.24, 2.45) is 4.36 Å². The molecule has 0 aromatic heterocycles. The van der Waals surface area contributed by atoms with E-state index in [4.69, 9.17) is 0 Å². The first-order valence-electron chi connectivity index (χ1n) is 4.37. The number of anilines is 1. The SMILES string of the molecule is C=C(C)C(=O)Nc1ccccc1N=S(=O)=O. The summed E-state index contributed by atoms with van der Waals surface area (Å²) in [6.07, 6.45) is 0. The van der Waals surface area contributed by atoms with Crippen LogP contribution in [0, 0.1) is 0 Å². The number of hydrogen-bond acceptors (Lipinski definition) is 4. The van der Waals surface area contributed by atoms with Crippen molar-refractivity contribution in [2.45, 2.75) is 6.92 Å². The fourth-order valence-corrected chi connectivity index (χ4v) is 1.29. The Labute approximate surface area is 94.5 Å². The van der Waals surface area contributed by atoms with Crippen LogP contribution in [-0.4, -0.2) is 14.3 Å². The van der Waals surface area contributed by atoms with Crippen LogP contribution in [-0.2, 0) is 15.3 Å². The highest BCUT2D eigenvalue weighted by Gasteiger charge is 2.06. The molecule has 1 aromatic rings. The molecule has 1 N–H and O–H groups in total. The van der Waals surface area contributed by atoms with Gasteiger partial charge in [0.15, 0.2) is 0 Å². The van der Waals surface area contributed by atoms with E-state index in [0.29, 0.717) is 11.3 Å². The highest BCUT2D eigenvalue weighted by molar-refractivity contribution is 7.61. The predicted molar refractivity (Wildman–Crippen MR) is 60.9 cm³/mol. The molecule has 0 bridgehead atoms. The van der Waals surface area contributed by atoms with Crippen molar-refractivity contribution in [1.82, 2.24) is 0 Å². The summed E-state index contributed by atoms with van der Waals surface area (Å²) >= 11 is 0. The van der Waals surface area contributed by atoms with Crippen molar-refractivity contribution in [3.8, 4) is 0 Å². The van der Waals surface area contributed by atoms with Crippen LogP contribution in [0.25, 0.3) is 0 Å². The molecule has 1 aromatic carbocycles. The van der Waals surface area contributed by atoms with Gasteiger partial charge in [-0.3, -0.25) is 4.79 Å². The van der Waals surface area contributed by atoms with Gasteiger partial charge in [-0.25, -0.2) is 0 Å². The van der Waals surface area contributed by atoms with Gasteiger partial charge in [0.2, 0.25) is 0 Å². The molecule has 1 rings (SSSR count). The molecule has 0 saturated heterocycles. The molecule has 0 aliphatic rings. The summed E-state index contributed by atoms with van der Waals surface area (Å²) in [5.74, 6) is -0.376. The van der Waals surface area contributed by atoms with Gasteiger partial charge in [-0.2, -0.15) is 8.42 Å². The van der Waals surface area contributed by atoms with Crippen LogP contribution < -0.4 is 5.32 Å². The number of hydrogen-bond donors (Lipinski definition) is 1. The van der Waals surface area contributed by atoms with Crippen LogP contribution in [0.5, 0.6) is 0 Å². The van der Waals surface area contributed by atoms with E-state index in [9.17, 15) is 13.2 Å². The van der Waals surface area contributed by atoms with Crippen molar-refractivity contribution in [3.63, 3.8) is 0 Å². The van der Waals surface area contributed by atoms with Crippen molar-refractivity contribution < 1.29 is 13.2 Å². The van der Waals surface area contributed by atoms with Gasteiger partial charge in [-0.15, -0.1) is 4.36 Å². The molecular formula is C10H10N2O3S. The highest BCUT2D eigenvalue weighted by atomic mass is 32.2. The standard InChI is InChI=1S/C10H10N2O3S/c1-7(2)10(13)11-8-5-3-4-6-9(8)12-16(14)15/h3-6H,1H2,2H3,(H,11,13). The van der Waals surface area contributed by atoms with Crippen LogP contribution >= 0.6 is 0 Å². The summed E-state index contributed by atoms with van der Waals surface area (Å²) < 4.78 is 24.2. The second-order valence-corrected chi connectivity index (χ2v) is 3.68. The number of benzene rings is 1. The normalized spacial score (nSPS) is 9.31. The molecule has 84 valence electrons. The topological polar surface area (TPSA) is 75.6 Å². The van der Waals surface area contributed by atoms with E-state index in [1.54, 1.807) is 25.1 Å². The second-order valence-electron chi connectivity index (χ2n) is 3.06. The Kier molecular flexibility index (Phi) is 3.96. The summed E-state index contributed by atoms with van der Waals surface area (Å²) in [6.45, 7) is 5.03. The summed E-state index contributed by atoms with van der Waals surface area (Å²) in [5.41, 5.74) is 0.850. The summed E-state index contributed by atoms with van der Waals surface area (Å²) in [6, 6.07) is 6.35. The highest BCUT2D eigenvalue weighted by Crippen LogP contribution is 2.24. The van der Waals surface area contributed by atoms with E-state index in [2.05, 4.69) is 16.3 Å². The molecule has 0 heterocycles. The lowest BCUT2D eigenvalue weighted by atomic mass is 10.2. The van der Waals surface area contributed by atoms with Crippen molar-refractivity contribution in [3.05, 3.63) is 36.4 Å². The van der Waals surface area contributed by atoms with E-state index < -0.39 is 10.5 Å². The molecule has 0 radical (unpaired) electrons. The van der Waals surface area contributed by atoms with Gasteiger partial charge in [0, 0.05) is 5.57 Å². The summed E-state index contributed by atoms with van der Waals surface area (Å²) in [5, 5.41) is 2.51. The largest absolute Gasteiger partial charge is 0.320 e. The van der Waals surface area contributed by atoms with Gasteiger partial charge in [-0.05, 0) is 19.1 Å². The molecule has 1 amide bonds. The van der Waals surface area contributed by atoms with Crippen molar-refractivity contribution >= 4 is 27.8 Å². The van der Waals surface area contributed by atoms with E-state index in [0.717, 1.165) is 0 Å². The minimum Gasteiger partial charge on any atom is -0.320 e. The minimum absolute atomic E-state index is 0.186. The Morgan fingerprint density at radius 1 is 1.38 bits per heavy atom. The van der Waals surface area contributed by atoms with E-state index in [1.165, 1.54) is 6.07 Å². The van der Waals surface area contributed by atoms with Gasteiger partial charge in [0.1, 0.15) is 5.69 Å². The van der Waals surface area contributed by atoms with Crippen LogP contribution in [0.1, 0.15) is 6.92 Å². The first-order chi connectivity index (χ1) is 7.50. The Bertz CT molecular complexity index is 553. The molecule has 0 spiro atoms. The molecule has 0 saturated carbocycles. The first-order valence-corrected chi connectivity index (χ1v) is 5.41. The van der Waals surface area contributed by atoms with Crippen LogP contribution in [0.2, 0.25) is 0 Å². The fourth-order valence-electron chi connectivity index (χ4n) is 0.968. The molecule has 0 unspecified atom stereocenters. The fraction of sp³-hybridized carbons (Fsp3) is 0.100. The molecule has 5 nitrogen and oxygen atoms in total. The lowest BCUT2D eigenvalue weighted by molar-refractivity contribution is -0.112. The minimum atomic E-state index is -2.55.